The van der Waals surface area contributed by atoms with Crippen molar-refractivity contribution in [1.82, 2.24) is 0 Å². The number of ether oxygens (including phenoxy) is 1. The Kier molecular flexibility index (Phi) is 10.6. The van der Waals surface area contributed by atoms with Crippen LogP contribution in [-0.4, -0.2) is 23.7 Å². The van der Waals surface area contributed by atoms with Gasteiger partial charge in [0.1, 0.15) is 0 Å². The number of hydrogen-bond donors (Lipinski definition) is 1. The quantitative estimate of drug-likeness (QED) is 0.558. The van der Waals surface area contributed by atoms with Crippen LogP contribution >= 0.6 is 0 Å². The van der Waals surface area contributed by atoms with Gasteiger partial charge in [0.2, 0.25) is 0 Å². The molecule has 4 heteroatoms. The van der Waals surface area contributed by atoms with Crippen LogP contribution in [-0.2, 0) is 14.3 Å². The number of rotatable bonds is 4. The third kappa shape index (κ3) is 17.0. The average molecular weight is 202 g/mol. The summed E-state index contributed by atoms with van der Waals surface area (Å²) in [5, 5.41) is 7.42. The Morgan fingerprint density at radius 3 is 2.29 bits per heavy atom. The zero-order valence-electron chi connectivity index (χ0n) is 8.95. The predicted octanol–water partition coefficient (Wildman–Crippen LogP) is 1.85. The molecular weight excluding hydrogens is 184 g/mol. The van der Waals surface area contributed by atoms with Crippen LogP contribution in [0, 0.1) is 5.92 Å². The fourth-order valence-electron chi connectivity index (χ4n) is 0.401. The molecule has 0 aliphatic heterocycles. The summed E-state index contributed by atoms with van der Waals surface area (Å²) >= 11 is 0. The lowest BCUT2D eigenvalue weighted by molar-refractivity contribution is -0.139. The van der Waals surface area contributed by atoms with Gasteiger partial charge in [-0.1, -0.05) is 26.8 Å². The van der Waals surface area contributed by atoms with Crippen molar-refractivity contribution in [2.24, 2.45) is 5.92 Å². The molecule has 1 N–H and O–H groups in total. The first-order valence-corrected chi connectivity index (χ1v) is 4.42. The molecule has 14 heavy (non-hydrogen) atoms. The number of hydrogen-bond acceptors (Lipinski definition) is 3. The Morgan fingerprint density at radius 1 is 1.57 bits per heavy atom. The van der Waals surface area contributed by atoms with Gasteiger partial charge in [-0.15, -0.1) is 0 Å². The van der Waals surface area contributed by atoms with Crippen molar-refractivity contribution in [2.45, 2.75) is 27.2 Å². The SMILES string of the molecule is C=CC(=O)OCC(C)CC.CC(=O)O. The molecule has 0 spiro atoms. The van der Waals surface area contributed by atoms with Gasteiger partial charge in [-0.25, -0.2) is 4.79 Å². The highest BCUT2D eigenvalue weighted by Gasteiger charge is 2.00. The Labute approximate surface area is 84.6 Å². The molecule has 82 valence electrons. The molecule has 1 atom stereocenters. The van der Waals surface area contributed by atoms with Crippen LogP contribution in [0.3, 0.4) is 0 Å². The zero-order valence-corrected chi connectivity index (χ0v) is 8.95. The highest BCUT2D eigenvalue weighted by molar-refractivity contribution is 5.81. The van der Waals surface area contributed by atoms with E-state index in [-0.39, 0.29) is 5.97 Å². The standard InChI is InChI=1S/C8H14O2.C2H4O2/c1-4-7(3)6-10-8(9)5-2;1-2(3)4/h5,7H,2,4,6H2,1,3H3;1H3,(H,3,4). The van der Waals surface area contributed by atoms with Gasteiger partial charge >= 0.3 is 5.97 Å². The molecule has 0 bridgehead atoms. The molecule has 0 heterocycles. The van der Waals surface area contributed by atoms with E-state index in [0.29, 0.717) is 12.5 Å². The van der Waals surface area contributed by atoms with Gasteiger partial charge in [0.05, 0.1) is 6.61 Å². The van der Waals surface area contributed by atoms with Gasteiger partial charge in [-0.3, -0.25) is 4.79 Å². The summed E-state index contributed by atoms with van der Waals surface area (Å²) in [7, 11) is 0. The van der Waals surface area contributed by atoms with Crippen LogP contribution in [0.15, 0.2) is 12.7 Å². The van der Waals surface area contributed by atoms with E-state index < -0.39 is 5.97 Å². The zero-order chi connectivity index (χ0) is 11.6. The molecule has 0 aromatic carbocycles. The van der Waals surface area contributed by atoms with Crippen molar-refractivity contribution in [3.05, 3.63) is 12.7 Å². The first kappa shape index (κ1) is 15.2. The van der Waals surface area contributed by atoms with Gasteiger partial charge in [0, 0.05) is 13.0 Å². The number of carbonyl (C=O) groups excluding carboxylic acids is 1. The van der Waals surface area contributed by atoms with Crippen molar-refractivity contribution >= 4 is 11.9 Å². The minimum Gasteiger partial charge on any atom is -0.481 e. The van der Waals surface area contributed by atoms with Crippen LogP contribution in [0.4, 0.5) is 0 Å². The first-order valence-electron chi connectivity index (χ1n) is 4.42. The number of carboxylic acids is 1. The Morgan fingerprint density at radius 2 is 2.00 bits per heavy atom. The van der Waals surface area contributed by atoms with Crippen LogP contribution in [0.5, 0.6) is 0 Å². The minimum absolute atomic E-state index is 0.333. The first-order chi connectivity index (χ1) is 6.43. The normalized spacial score (nSPS) is 10.5. The summed E-state index contributed by atoms with van der Waals surface area (Å²) in [6, 6.07) is 0. The van der Waals surface area contributed by atoms with Gasteiger partial charge < -0.3 is 9.84 Å². The van der Waals surface area contributed by atoms with E-state index in [0.717, 1.165) is 13.3 Å². The van der Waals surface area contributed by atoms with Crippen molar-refractivity contribution < 1.29 is 19.4 Å². The Balaban J connectivity index is 0. The molecule has 0 aromatic heterocycles. The molecule has 0 saturated carbocycles. The van der Waals surface area contributed by atoms with Crippen LogP contribution in [0.25, 0.3) is 0 Å². The summed E-state index contributed by atoms with van der Waals surface area (Å²) in [4.78, 5) is 19.5. The van der Waals surface area contributed by atoms with Gasteiger partial charge in [0.25, 0.3) is 5.97 Å². The summed E-state index contributed by atoms with van der Waals surface area (Å²) < 4.78 is 4.79. The van der Waals surface area contributed by atoms with Crippen molar-refractivity contribution in [1.29, 1.82) is 0 Å². The number of carboxylic acid groups (broad SMARTS) is 1. The molecular formula is C10H18O4. The fraction of sp³-hybridized carbons (Fsp3) is 0.600. The van der Waals surface area contributed by atoms with E-state index in [9.17, 15) is 4.79 Å². The van der Waals surface area contributed by atoms with Gasteiger partial charge in [-0.05, 0) is 5.92 Å². The average Bonchev–Trinajstić information content (AvgIpc) is 2.12. The number of aliphatic carboxylic acids is 1. The van der Waals surface area contributed by atoms with E-state index in [2.05, 4.69) is 13.5 Å². The van der Waals surface area contributed by atoms with E-state index in [1.54, 1.807) is 0 Å². The van der Waals surface area contributed by atoms with E-state index in [1.165, 1.54) is 6.08 Å². The largest absolute Gasteiger partial charge is 0.481 e. The minimum atomic E-state index is -0.833. The lowest BCUT2D eigenvalue weighted by Crippen LogP contribution is -2.08. The second kappa shape index (κ2) is 9.77. The topological polar surface area (TPSA) is 63.6 Å². The molecule has 0 radical (unpaired) electrons. The van der Waals surface area contributed by atoms with Crippen molar-refractivity contribution in [2.75, 3.05) is 6.61 Å². The monoisotopic (exact) mass is 202 g/mol. The second-order valence-electron chi connectivity index (χ2n) is 2.87. The lowest BCUT2D eigenvalue weighted by Gasteiger charge is -2.06. The highest BCUT2D eigenvalue weighted by Crippen LogP contribution is 2.00. The predicted molar refractivity (Wildman–Crippen MR) is 53.9 cm³/mol. The van der Waals surface area contributed by atoms with Crippen molar-refractivity contribution in [3.63, 3.8) is 0 Å². The maximum absolute atomic E-state index is 10.5. The molecule has 1 unspecified atom stereocenters. The van der Waals surface area contributed by atoms with Crippen LogP contribution in [0.2, 0.25) is 0 Å². The third-order valence-electron chi connectivity index (χ3n) is 1.37. The molecule has 0 fully saturated rings. The maximum atomic E-state index is 10.5. The maximum Gasteiger partial charge on any atom is 0.330 e. The van der Waals surface area contributed by atoms with E-state index in [1.807, 2.05) is 6.92 Å². The van der Waals surface area contributed by atoms with Crippen molar-refractivity contribution in [3.8, 4) is 0 Å². The van der Waals surface area contributed by atoms with Gasteiger partial charge in [-0.2, -0.15) is 0 Å². The number of esters is 1. The summed E-state index contributed by atoms with van der Waals surface area (Å²) in [6.07, 6.45) is 2.22. The molecule has 0 saturated heterocycles. The Bertz CT molecular complexity index is 183. The summed E-state index contributed by atoms with van der Waals surface area (Å²) in [5.74, 6) is -0.718. The smallest absolute Gasteiger partial charge is 0.330 e. The second-order valence-corrected chi connectivity index (χ2v) is 2.87. The Hall–Kier alpha value is -1.32. The highest BCUT2D eigenvalue weighted by atomic mass is 16.5. The van der Waals surface area contributed by atoms with Gasteiger partial charge in [0.15, 0.2) is 0 Å². The van der Waals surface area contributed by atoms with Crippen LogP contribution < -0.4 is 0 Å². The molecule has 4 nitrogen and oxygen atoms in total. The van der Waals surface area contributed by atoms with E-state index in [4.69, 9.17) is 14.6 Å². The van der Waals surface area contributed by atoms with E-state index >= 15 is 0 Å². The third-order valence-corrected chi connectivity index (χ3v) is 1.37. The molecule has 0 aliphatic rings. The number of carbonyl (C=O) groups is 2. The summed E-state index contributed by atoms with van der Waals surface area (Å²) in [6.45, 7) is 8.97. The fourth-order valence-corrected chi connectivity index (χ4v) is 0.401. The summed E-state index contributed by atoms with van der Waals surface area (Å²) in [5.41, 5.74) is 0. The lowest BCUT2D eigenvalue weighted by atomic mass is 10.1. The molecule has 0 rings (SSSR count). The van der Waals surface area contributed by atoms with Crippen LogP contribution in [0.1, 0.15) is 27.2 Å². The molecule has 0 aromatic rings. The molecule has 0 amide bonds. The molecule has 0 aliphatic carbocycles.